The standard InChI is InChI=1S/C26H27NO4/c28-25(18-10-17-24(26(29)30)31-22-15-8-3-9-16-22)27-19-23(20-11-4-1-5-12-20)21-13-6-2-7-14-21/h1-9,11-16,23-24H,10,17-19H2,(H,27,28)(H,29,30). The quantitative estimate of drug-likeness (QED) is 0.477. The molecule has 0 aliphatic heterocycles. The van der Waals surface area contributed by atoms with E-state index in [1.807, 2.05) is 42.5 Å². The molecule has 0 heterocycles. The molecule has 1 unspecified atom stereocenters. The second-order valence-corrected chi connectivity index (χ2v) is 7.33. The molecule has 5 heteroatoms. The second-order valence-electron chi connectivity index (χ2n) is 7.33. The van der Waals surface area contributed by atoms with Crippen LogP contribution in [0, 0.1) is 0 Å². The SMILES string of the molecule is O=C(CCCC(Oc1ccccc1)C(=O)O)NCC(c1ccccc1)c1ccccc1. The summed E-state index contributed by atoms with van der Waals surface area (Å²) in [6.45, 7) is 0.482. The topological polar surface area (TPSA) is 75.6 Å². The maximum absolute atomic E-state index is 12.4. The highest BCUT2D eigenvalue weighted by atomic mass is 16.5. The Morgan fingerprint density at radius 2 is 1.32 bits per heavy atom. The van der Waals surface area contributed by atoms with Crippen LogP contribution in [-0.4, -0.2) is 29.6 Å². The van der Waals surface area contributed by atoms with Gasteiger partial charge in [-0.15, -0.1) is 0 Å². The van der Waals surface area contributed by atoms with Gasteiger partial charge in [0.2, 0.25) is 5.91 Å². The molecule has 31 heavy (non-hydrogen) atoms. The van der Waals surface area contributed by atoms with E-state index in [1.54, 1.807) is 24.3 Å². The summed E-state index contributed by atoms with van der Waals surface area (Å²) in [4.78, 5) is 23.9. The van der Waals surface area contributed by atoms with E-state index in [1.165, 1.54) is 0 Å². The molecule has 0 bridgehead atoms. The summed E-state index contributed by atoms with van der Waals surface area (Å²) in [5.41, 5.74) is 2.27. The predicted molar refractivity (Wildman–Crippen MR) is 120 cm³/mol. The number of amides is 1. The second kappa shape index (κ2) is 11.6. The Kier molecular flexibility index (Phi) is 8.23. The fourth-order valence-corrected chi connectivity index (χ4v) is 3.45. The van der Waals surface area contributed by atoms with Gasteiger partial charge in [0.25, 0.3) is 0 Å². The average molecular weight is 418 g/mol. The largest absolute Gasteiger partial charge is 0.479 e. The molecule has 0 saturated carbocycles. The molecule has 1 amide bonds. The van der Waals surface area contributed by atoms with Crippen molar-refractivity contribution < 1.29 is 19.4 Å². The molecule has 0 saturated heterocycles. The van der Waals surface area contributed by atoms with E-state index < -0.39 is 12.1 Å². The van der Waals surface area contributed by atoms with Gasteiger partial charge in [0.15, 0.2) is 6.10 Å². The minimum Gasteiger partial charge on any atom is -0.479 e. The lowest BCUT2D eigenvalue weighted by Gasteiger charge is -2.19. The summed E-state index contributed by atoms with van der Waals surface area (Å²) >= 11 is 0. The van der Waals surface area contributed by atoms with Gasteiger partial charge in [-0.25, -0.2) is 4.79 Å². The number of carboxylic acid groups (broad SMARTS) is 1. The van der Waals surface area contributed by atoms with Gasteiger partial charge in [-0.2, -0.15) is 0 Å². The first-order valence-corrected chi connectivity index (χ1v) is 10.4. The van der Waals surface area contributed by atoms with E-state index in [2.05, 4.69) is 29.6 Å². The number of ether oxygens (including phenoxy) is 1. The maximum Gasteiger partial charge on any atom is 0.344 e. The lowest BCUT2D eigenvalue weighted by molar-refractivity contribution is -0.145. The third kappa shape index (κ3) is 7.00. The smallest absolute Gasteiger partial charge is 0.344 e. The minimum atomic E-state index is -1.03. The van der Waals surface area contributed by atoms with Gasteiger partial charge in [-0.05, 0) is 36.1 Å². The Bertz CT molecular complexity index is 905. The molecular weight excluding hydrogens is 390 g/mol. The molecule has 0 radical (unpaired) electrons. The van der Waals surface area contributed by atoms with Crippen molar-refractivity contribution in [3.8, 4) is 5.75 Å². The van der Waals surface area contributed by atoms with E-state index in [-0.39, 0.29) is 24.7 Å². The number of hydrogen-bond donors (Lipinski definition) is 2. The number of para-hydroxylation sites is 1. The van der Waals surface area contributed by atoms with E-state index >= 15 is 0 Å². The first-order chi connectivity index (χ1) is 15.1. The number of carbonyl (C=O) groups excluding carboxylic acids is 1. The van der Waals surface area contributed by atoms with Crippen LogP contribution in [-0.2, 0) is 9.59 Å². The van der Waals surface area contributed by atoms with E-state index in [4.69, 9.17) is 4.74 Å². The molecule has 0 aliphatic carbocycles. The highest BCUT2D eigenvalue weighted by Gasteiger charge is 2.20. The highest BCUT2D eigenvalue weighted by molar-refractivity contribution is 5.76. The van der Waals surface area contributed by atoms with Crippen molar-refractivity contribution in [3.63, 3.8) is 0 Å². The van der Waals surface area contributed by atoms with Gasteiger partial charge in [0.05, 0.1) is 0 Å². The van der Waals surface area contributed by atoms with Crippen LogP contribution in [0.25, 0.3) is 0 Å². The molecule has 3 aromatic carbocycles. The molecule has 160 valence electrons. The number of hydrogen-bond acceptors (Lipinski definition) is 3. The van der Waals surface area contributed by atoms with Crippen molar-refractivity contribution in [2.75, 3.05) is 6.54 Å². The first-order valence-electron chi connectivity index (χ1n) is 10.4. The number of nitrogens with one attached hydrogen (secondary N) is 1. The normalized spacial score (nSPS) is 11.6. The van der Waals surface area contributed by atoms with Crippen LogP contribution in [0.4, 0.5) is 0 Å². The molecule has 5 nitrogen and oxygen atoms in total. The zero-order valence-electron chi connectivity index (χ0n) is 17.3. The molecule has 3 aromatic rings. The lowest BCUT2D eigenvalue weighted by atomic mass is 9.91. The third-order valence-electron chi connectivity index (χ3n) is 5.07. The first kappa shape index (κ1) is 22.1. The summed E-state index contributed by atoms with van der Waals surface area (Å²) in [5.74, 6) is -0.564. The number of carbonyl (C=O) groups is 2. The van der Waals surface area contributed by atoms with Crippen LogP contribution in [0.5, 0.6) is 5.75 Å². The van der Waals surface area contributed by atoms with Crippen molar-refractivity contribution in [1.82, 2.24) is 5.32 Å². The Hall–Kier alpha value is -3.60. The number of carboxylic acids is 1. The lowest BCUT2D eigenvalue weighted by Crippen LogP contribution is -2.30. The highest BCUT2D eigenvalue weighted by Crippen LogP contribution is 2.23. The number of benzene rings is 3. The molecular formula is C26H27NO4. The van der Waals surface area contributed by atoms with Gasteiger partial charge in [-0.3, -0.25) is 4.79 Å². The molecule has 2 N–H and O–H groups in total. The fraction of sp³-hybridized carbons (Fsp3) is 0.231. The van der Waals surface area contributed by atoms with E-state index in [0.717, 1.165) is 11.1 Å². The summed E-state index contributed by atoms with van der Waals surface area (Å²) in [7, 11) is 0. The Morgan fingerprint density at radius 3 is 1.84 bits per heavy atom. The number of aliphatic carboxylic acids is 1. The predicted octanol–water partition coefficient (Wildman–Crippen LogP) is 4.64. The van der Waals surface area contributed by atoms with Crippen LogP contribution in [0.3, 0.4) is 0 Å². The third-order valence-corrected chi connectivity index (χ3v) is 5.07. The minimum absolute atomic E-state index is 0.0551. The van der Waals surface area contributed by atoms with Crippen molar-refractivity contribution in [3.05, 3.63) is 102 Å². The Balaban J connectivity index is 1.51. The maximum atomic E-state index is 12.4. The number of rotatable bonds is 11. The van der Waals surface area contributed by atoms with Crippen LogP contribution in [0.1, 0.15) is 36.3 Å². The summed E-state index contributed by atoms with van der Waals surface area (Å²) in [6, 6.07) is 29.0. The van der Waals surface area contributed by atoms with Crippen LogP contribution in [0.15, 0.2) is 91.0 Å². The van der Waals surface area contributed by atoms with E-state index in [0.29, 0.717) is 18.7 Å². The molecule has 0 aliphatic rings. The summed E-state index contributed by atoms with van der Waals surface area (Å²) in [5, 5.41) is 12.4. The van der Waals surface area contributed by atoms with Gasteiger partial charge in [-0.1, -0.05) is 78.9 Å². The zero-order chi connectivity index (χ0) is 21.9. The summed E-state index contributed by atoms with van der Waals surface area (Å²) < 4.78 is 5.54. The van der Waals surface area contributed by atoms with Gasteiger partial charge >= 0.3 is 5.97 Å². The Morgan fingerprint density at radius 1 is 0.806 bits per heavy atom. The monoisotopic (exact) mass is 417 g/mol. The van der Waals surface area contributed by atoms with Gasteiger partial charge < -0.3 is 15.2 Å². The van der Waals surface area contributed by atoms with Crippen molar-refractivity contribution >= 4 is 11.9 Å². The molecule has 0 spiro atoms. The Labute approximate surface area is 182 Å². The van der Waals surface area contributed by atoms with Crippen LogP contribution >= 0.6 is 0 Å². The average Bonchev–Trinajstić information content (AvgIpc) is 2.80. The van der Waals surface area contributed by atoms with Crippen LogP contribution < -0.4 is 10.1 Å². The van der Waals surface area contributed by atoms with Gasteiger partial charge in [0.1, 0.15) is 5.75 Å². The zero-order valence-corrected chi connectivity index (χ0v) is 17.3. The van der Waals surface area contributed by atoms with Crippen LogP contribution in [0.2, 0.25) is 0 Å². The van der Waals surface area contributed by atoms with E-state index in [9.17, 15) is 14.7 Å². The molecule has 0 fully saturated rings. The van der Waals surface area contributed by atoms with Crippen molar-refractivity contribution in [2.45, 2.75) is 31.3 Å². The van der Waals surface area contributed by atoms with Crippen molar-refractivity contribution in [1.29, 1.82) is 0 Å². The summed E-state index contributed by atoms with van der Waals surface area (Å²) in [6.07, 6.45) is -0.0372. The van der Waals surface area contributed by atoms with Crippen molar-refractivity contribution in [2.24, 2.45) is 0 Å². The molecule has 1 atom stereocenters. The van der Waals surface area contributed by atoms with Gasteiger partial charge in [0, 0.05) is 18.9 Å². The molecule has 3 rings (SSSR count). The fourth-order valence-electron chi connectivity index (χ4n) is 3.45. The molecule has 0 aromatic heterocycles.